The standard InChI is InChI=1S/C15H21N3O3S/c19-15(11-16-10-12-2-3-12)17-13-4-6-14(7-5-13)18-8-1-9-22(18,20)21/h4-7,12,16H,1-3,8-11H2,(H,17,19). The van der Waals surface area contributed by atoms with Gasteiger partial charge in [-0.2, -0.15) is 0 Å². The first-order chi connectivity index (χ1) is 10.5. The molecule has 0 radical (unpaired) electrons. The maximum Gasteiger partial charge on any atom is 0.238 e. The molecule has 22 heavy (non-hydrogen) atoms. The Labute approximate surface area is 130 Å². The molecule has 1 heterocycles. The molecule has 1 amide bonds. The molecule has 120 valence electrons. The Hall–Kier alpha value is -1.60. The van der Waals surface area contributed by atoms with Crippen LogP contribution in [0.5, 0.6) is 0 Å². The number of benzene rings is 1. The van der Waals surface area contributed by atoms with Gasteiger partial charge in [-0.1, -0.05) is 0 Å². The van der Waals surface area contributed by atoms with Crippen LogP contribution in [-0.2, 0) is 14.8 Å². The van der Waals surface area contributed by atoms with Crippen molar-refractivity contribution in [1.29, 1.82) is 0 Å². The minimum absolute atomic E-state index is 0.0813. The Morgan fingerprint density at radius 2 is 1.95 bits per heavy atom. The molecule has 0 atom stereocenters. The summed E-state index contributed by atoms with van der Waals surface area (Å²) >= 11 is 0. The third kappa shape index (κ3) is 3.78. The normalized spacial score (nSPS) is 20.1. The second kappa shape index (κ2) is 6.26. The van der Waals surface area contributed by atoms with Crippen molar-refractivity contribution in [2.75, 3.05) is 35.0 Å². The Bertz CT molecular complexity index is 639. The fourth-order valence-electron chi connectivity index (χ4n) is 2.56. The highest BCUT2D eigenvalue weighted by molar-refractivity contribution is 7.93. The van der Waals surface area contributed by atoms with Crippen LogP contribution in [0, 0.1) is 5.92 Å². The Balaban J connectivity index is 1.53. The van der Waals surface area contributed by atoms with Crippen LogP contribution in [-0.4, -0.2) is 39.7 Å². The van der Waals surface area contributed by atoms with Gasteiger partial charge in [0.25, 0.3) is 0 Å². The van der Waals surface area contributed by atoms with E-state index < -0.39 is 10.0 Å². The predicted octanol–water partition coefficient (Wildman–Crippen LogP) is 1.16. The fraction of sp³-hybridized carbons (Fsp3) is 0.533. The van der Waals surface area contributed by atoms with Crippen molar-refractivity contribution < 1.29 is 13.2 Å². The van der Waals surface area contributed by atoms with E-state index in [-0.39, 0.29) is 11.7 Å². The molecule has 0 aromatic heterocycles. The second-order valence-corrected chi connectivity index (χ2v) is 7.92. The molecule has 7 heteroatoms. The molecule has 3 rings (SSSR count). The third-order valence-corrected chi connectivity index (χ3v) is 5.82. The highest BCUT2D eigenvalue weighted by Gasteiger charge is 2.28. The molecule has 1 aliphatic carbocycles. The minimum atomic E-state index is -3.15. The summed E-state index contributed by atoms with van der Waals surface area (Å²) in [6, 6.07) is 6.94. The Morgan fingerprint density at radius 3 is 2.55 bits per heavy atom. The molecule has 2 N–H and O–H groups in total. The number of nitrogens with one attached hydrogen (secondary N) is 2. The number of sulfonamides is 1. The predicted molar refractivity (Wildman–Crippen MR) is 86.4 cm³/mol. The molecule has 1 aliphatic heterocycles. The zero-order valence-corrected chi connectivity index (χ0v) is 13.2. The van der Waals surface area contributed by atoms with E-state index in [0.29, 0.717) is 30.9 Å². The summed E-state index contributed by atoms with van der Waals surface area (Å²) in [6.07, 6.45) is 3.18. The van der Waals surface area contributed by atoms with Crippen molar-refractivity contribution in [3.63, 3.8) is 0 Å². The van der Waals surface area contributed by atoms with E-state index in [1.54, 1.807) is 24.3 Å². The fourth-order valence-corrected chi connectivity index (χ4v) is 4.12. The summed E-state index contributed by atoms with van der Waals surface area (Å²) in [5, 5.41) is 5.94. The van der Waals surface area contributed by atoms with Crippen LogP contribution in [0.15, 0.2) is 24.3 Å². The van der Waals surface area contributed by atoms with Crippen molar-refractivity contribution in [1.82, 2.24) is 5.32 Å². The van der Waals surface area contributed by atoms with E-state index in [2.05, 4.69) is 10.6 Å². The lowest BCUT2D eigenvalue weighted by atomic mass is 10.2. The average Bonchev–Trinajstić information content (AvgIpc) is 3.22. The van der Waals surface area contributed by atoms with Crippen molar-refractivity contribution in [2.45, 2.75) is 19.3 Å². The van der Waals surface area contributed by atoms with Gasteiger partial charge in [-0.25, -0.2) is 8.42 Å². The monoisotopic (exact) mass is 323 g/mol. The summed E-state index contributed by atoms with van der Waals surface area (Å²) in [5.41, 5.74) is 1.33. The lowest BCUT2D eigenvalue weighted by Gasteiger charge is -2.17. The molecular formula is C15H21N3O3S. The largest absolute Gasteiger partial charge is 0.325 e. The highest BCUT2D eigenvalue weighted by atomic mass is 32.2. The van der Waals surface area contributed by atoms with E-state index in [1.165, 1.54) is 17.1 Å². The molecule has 0 spiro atoms. The van der Waals surface area contributed by atoms with Gasteiger partial charge >= 0.3 is 0 Å². The maximum atomic E-state index is 11.9. The first-order valence-electron chi connectivity index (χ1n) is 7.66. The van der Waals surface area contributed by atoms with Gasteiger partial charge in [-0.15, -0.1) is 0 Å². The number of carbonyl (C=O) groups is 1. The van der Waals surface area contributed by atoms with E-state index in [4.69, 9.17) is 0 Å². The number of hydrogen-bond acceptors (Lipinski definition) is 4. The average molecular weight is 323 g/mol. The number of hydrogen-bond donors (Lipinski definition) is 2. The molecule has 2 fully saturated rings. The molecule has 1 aromatic rings. The van der Waals surface area contributed by atoms with E-state index in [0.717, 1.165) is 12.5 Å². The zero-order chi connectivity index (χ0) is 15.6. The summed E-state index contributed by atoms with van der Waals surface area (Å²) in [5.74, 6) is 0.870. The number of amides is 1. The van der Waals surface area contributed by atoms with Crippen molar-refractivity contribution >= 4 is 27.3 Å². The van der Waals surface area contributed by atoms with Gasteiger partial charge in [0.2, 0.25) is 15.9 Å². The lowest BCUT2D eigenvalue weighted by molar-refractivity contribution is -0.115. The van der Waals surface area contributed by atoms with Crippen molar-refractivity contribution in [3.05, 3.63) is 24.3 Å². The topological polar surface area (TPSA) is 78.5 Å². The summed E-state index contributed by atoms with van der Waals surface area (Å²) in [4.78, 5) is 11.8. The van der Waals surface area contributed by atoms with Crippen LogP contribution >= 0.6 is 0 Å². The second-order valence-electron chi connectivity index (χ2n) is 5.91. The number of carbonyl (C=O) groups excluding carboxylic acids is 1. The van der Waals surface area contributed by atoms with Crippen LogP contribution in [0.25, 0.3) is 0 Å². The number of nitrogens with zero attached hydrogens (tertiary/aromatic N) is 1. The Morgan fingerprint density at radius 1 is 1.23 bits per heavy atom. The molecule has 1 aromatic carbocycles. The molecule has 2 aliphatic rings. The van der Waals surface area contributed by atoms with Crippen LogP contribution in [0.2, 0.25) is 0 Å². The summed E-state index contributed by atoms with van der Waals surface area (Å²) in [7, 11) is -3.15. The van der Waals surface area contributed by atoms with Gasteiger partial charge in [-0.3, -0.25) is 9.10 Å². The minimum Gasteiger partial charge on any atom is -0.325 e. The van der Waals surface area contributed by atoms with E-state index in [1.807, 2.05) is 0 Å². The SMILES string of the molecule is O=C(CNCC1CC1)Nc1ccc(N2CCCS2(=O)=O)cc1. The molecule has 0 bridgehead atoms. The van der Waals surface area contributed by atoms with E-state index >= 15 is 0 Å². The van der Waals surface area contributed by atoms with Gasteiger partial charge < -0.3 is 10.6 Å². The zero-order valence-electron chi connectivity index (χ0n) is 12.4. The third-order valence-electron chi connectivity index (χ3n) is 3.95. The first-order valence-corrected chi connectivity index (χ1v) is 9.26. The highest BCUT2D eigenvalue weighted by Crippen LogP contribution is 2.27. The van der Waals surface area contributed by atoms with Gasteiger partial charge in [0.1, 0.15) is 0 Å². The maximum absolute atomic E-state index is 11.9. The van der Waals surface area contributed by atoms with Gasteiger partial charge in [-0.05, 0) is 56.0 Å². The molecular weight excluding hydrogens is 302 g/mol. The van der Waals surface area contributed by atoms with Crippen LogP contribution in [0.1, 0.15) is 19.3 Å². The quantitative estimate of drug-likeness (QED) is 0.823. The molecule has 1 saturated heterocycles. The molecule has 6 nitrogen and oxygen atoms in total. The van der Waals surface area contributed by atoms with Crippen LogP contribution in [0.4, 0.5) is 11.4 Å². The number of rotatable bonds is 6. The molecule has 1 saturated carbocycles. The summed E-state index contributed by atoms with van der Waals surface area (Å²) in [6.45, 7) is 1.73. The van der Waals surface area contributed by atoms with Crippen molar-refractivity contribution in [3.8, 4) is 0 Å². The first kappa shape index (κ1) is 15.3. The number of anilines is 2. The van der Waals surface area contributed by atoms with Crippen molar-refractivity contribution in [2.24, 2.45) is 5.92 Å². The van der Waals surface area contributed by atoms with Crippen LogP contribution < -0.4 is 14.9 Å². The smallest absolute Gasteiger partial charge is 0.238 e. The molecule has 0 unspecified atom stereocenters. The van der Waals surface area contributed by atoms with Gasteiger partial charge in [0, 0.05) is 12.2 Å². The van der Waals surface area contributed by atoms with Gasteiger partial charge in [0.15, 0.2) is 0 Å². The van der Waals surface area contributed by atoms with Crippen LogP contribution in [0.3, 0.4) is 0 Å². The Kier molecular flexibility index (Phi) is 4.35. The summed E-state index contributed by atoms with van der Waals surface area (Å²) < 4.78 is 25.1. The van der Waals surface area contributed by atoms with E-state index in [9.17, 15) is 13.2 Å². The van der Waals surface area contributed by atoms with Gasteiger partial charge in [0.05, 0.1) is 18.0 Å². The lowest BCUT2D eigenvalue weighted by Crippen LogP contribution is -2.29.